The zero-order valence-electron chi connectivity index (χ0n) is 11.6. The van der Waals surface area contributed by atoms with Crippen molar-refractivity contribution < 1.29 is 9.53 Å². The minimum atomic E-state index is -0.0261. The second kappa shape index (κ2) is 4.44. The van der Waals surface area contributed by atoms with Crippen LogP contribution in [-0.4, -0.2) is 24.6 Å². The Morgan fingerprint density at radius 2 is 2.21 bits per heavy atom. The summed E-state index contributed by atoms with van der Waals surface area (Å²) in [4.78, 5) is 14.5. The van der Waals surface area contributed by atoms with Gasteiger partial charge in [0.15, 0.2) is 0 Å². The van der Waals surface area contributed by atoms with E-state index in [0.717, 1.165) is 30.1 Å². The third kappa shape index (κ3) is 1.95. The van der Waals surface area contributed by atoms with Crippen LogP contribution in [0.25, 0.3) is 0 Å². The number of anilines is 2. The van der Waals surface area contributed by atoms with Crippen molar-refractivity contribution in [2.24, 2.45) is 5.92 Å². The molecule has 0 aliphatic carbocycles. The van der Waals surface area contributed by atoms with Crippen LogP contribution in [0.4, 0.5) is 11.4 Å². The zero-order valence-corrected chi connectivity index (χ0v) is 11.6. The van der Waals surface area contributed by atoms with E-state index >= 15 is 0 Å². The van der Waals surface area contributed by atoms with Crippen LogP contribution in [-0.2, 0) is 4.79 Å². The Bertz CT molecular complexity index is 513. The molecule has 4 heteroatoms. The van der Waals surface area contributed by atoms with Gasteiger partial charge >= 0.3 is 0 Å². The van der Waals surface area contributed by atoms with Crippen molar-refractivity contribution in [1.82, 2.24) is 0 Å². The molecule has 0 saturated carbocycles. The Balaban J connectivity index is 2.03. The summed E-state index contributed by atoms with van der Waals surface area (Å²) in [5.74, 6) is 1.26. The van der Waals surface area contributed by atoms with E-state index in [1.54, 1.807) is 0 Å². The van der Waals surface area contributed by atoms with Gasteiger partial charge in [-0.1, -0.05) is 13.0 Å². The zero-order chi connectivity index (χ0) is 13.6. The highest BCUT2D eigenvalue weighted by Crippen LogP contribution is 2.43. The highest BCUT2D eigenvalue weighted by atomic mass is 16.5. The molecule has 2 atom stereocenters. The van der Waals surface area contributed by atoms with E-state index in [1.807, 2.05) is 26.0 Å². The van der Waals surface area contributed by atoms with Crippen LogP contribution >= 0.6 is 0 Å². The predicted octanol–water partition coefficient (Wildman–Crippen LogP) is 2.64. The maximum Gasteiger partial charge on any atom is 0.247 e. The number of amides is 1. The van der Waals surface area contributed by atoms with Crippen molar-refractivity contribution in [1.29, 1.82) is 0 Å². The molecule has 1 aromatic rings. The molecule has 0 bridgehead atoms. The summed E-state index contributed by atoms with van der Waals surface area (Å²) in [6.45, 7) is 7.07. The molecule has 1 N–H and O–H groups in total. The maximum absolute atomic E-state index is 12.3. The van der Waals surface area contributed by atoms with Crippen LogP contribution in [0.2, 0.25) is 0 Å². The van der Waals surface area contributed by atoms with Gasteiger partial charge in [0.2, 0.25) is 5.91 Å². The first-order valence-electron chi connectivity index (χ1n) is 6.95. The molecule has 0 radical (unpaired) electrons. The number of benzene rings is 1. The van der Waals surface area contributed by atoms with E-state index < -0.39 is 0 Å². The quantitative estimate of drug-likeness (QED) is 0.888. The number of rotatable bonds is 2. The average Bonchev–Trinajstić information content (AvgIpc) is 2.73. The first kappa shape index (κ1) is 12.3. The second-order valence-electron chi connectivity index (χ2n) is 5.71. The monoisotopic (exact) mass is 260 g/mol. The SMILES string of the molecule is CC(C)Oc1cccc2c1NC(=O)C1C(C)CCN21. The van der Waals surface area contributed by atoms with Crippen molar-refractivity contribution in [2.45, 2.75) is 39.3 Å². The van der Waals surface area contributed by atoms with Crippen LogP contribution in [0.15, 0.2) is 18.2 Å². The largest absolute Gasteiger partial charge is 0.489 e. The first-order chi connectivity index (χ1) is 9.08. The molecule has 0 aromatic heterocycles. The molecule has 19 heavy (non-hydrogen) atoms. The van der Waals surface area contributed by atoms with Gasteiger partial charge in [-0.15, -0.1) is 0 Å². The molecular weight excluding hydrogens is 240 g/mol. The van der Waals surface area contributed by atoms with Gasteiger partial charge in [-0.3, -0.25) is 4.79 Å². The standard InChI is InChI=1S/C15H20N2O2/c1-9(2)19-12-6-4-5-11-13(12)16-15(18)14-10(3)7-8-17(11)14/h4-6,9-10,14H,7-8H2,1-3H3,(H,16,18). The summed E-state index contributed by atoms with van der Waals surface area (Å²) < 4.78 is 5.79. The number of hydrogen-bond acceptors (Lipinski definition) is 3. The molecular formula is C15H20N2O2. The Labute approximate surface area is 113 Å². The van der Waals surface area contributed by atoms with E-state index in [9.17, 15) is 4.79 Å². The van der Waals surface area contributed by atoms with Crippen molar-refractivity contribution in [3.63, 3.8) is 0 Å². The van der Waals surface area contributed by atoms with Gasteiger partial charge in [0, 0.05) is 6.54 Å². The Morgan fingerprint density at radius 1 is 1.42 bits per heavy atom. The number of nitrogens with zero attached hydrogens (tertiary/aromatic N) is 1. The number of fused-ring (bicyclic) bond motifs is 3. The molecule has 102 valence electrons. The summed E-state index contributed by atoms with van der Waals surface area (Å²) in [6, 6.07) is 5.95. The van der Waals surface area contributed by atoms with Crippen molar-refractivity contribution in [3.8, 4) is 5.75 Å². The van der Waals surface area contributed by atoms with Gasteiger partial charge in [-0.2, -0.15) is 0 Å². The third-order valence-corrected chi connectivity index (χ3v) is 3.89. The summed E-state index contributed by atoms with van der Waals surface area (Å²) >= 11 is 0. The predicted molar refractivity (Wildman–Crippen MR) is 75.8 cm³/mol. The number of carbonyl (C=O) groups is 1. The molecule has 0 spiro atoms. The topological polar surface area (TPSA) is 41.6 Å². The van der Waals surface area contributed by atoms with Crippen LogP contribution in [0.5, 0.6) is 5.75 Å². The van der Waals surface area contributed by atoms with Gasteiger partial charge in [0.25, 0.3) is 0 Å². The first-order valence-corrected chi connectivity index (χ1v) is 6.95. The van der Waals surface area contributed by atoms with E-state index in [0.29, 0.717) is 5.92 Å². The molecule has 2 aliphatic heterocycles. The fourth-order valence-electron chi connectivity index (χ4n) is 3.05. The van der Waals surface area contributed by atoms with E-state index in [4.69, 9.17) is 4.74 Å². The number of carbonyl (C=O) groups excluding carboxylic acids is 1. The Kier molecular flexibility index (Phi) is 2.88. The normalized spacial score (nSPS) is 25.1. The van der Waals surface area contributed by atoms with Gasteiger partial charge in [-0.25, -0.2) is 0 Å². The minimum absolute atomic E-state index is 0.0261. The summed E-state index contributed by atoms with van der Waals surface area (Å²) in [5.41, 5.74) is 1.92. The number of nitrogens with one attached hydrogen (secondary N) is 1. The van der Waals surface area contributed by atoms with Crippen LogP contribution < -0.4 is 15.0 Å². The number of hydrogen-bond donors (Lipinski definition) is 1. The Morgan fingerprint density at radius 3 is 2.95 bits per heavy atom. The van der Waals surface area contributed by atoms with Crippen LogP contribution in [0.3, 0.4) is 0 Å². The molecule has 1 fully saturated rings. The van der Waals surface area contributed by atoms with Gasteiger partial charge in [0.05, 0.1) is 11.8 Å². The molecule has 1 aromatic carbocycles. The lowest BCUT2D eigenvalue weighted by atomic mass is 10.00. The van der Waals surface area contributed by atoms with Crippen molar-refractivity contribution in [3.05, 3.63) is 18.2 Å². The molecule has 3 rings (SSSR count). The minimum Gasteiger partial charge on any atom is -0.489 e. The summed E-state index contributed by atoms with van der Waals surface area (Å²) in [7, 11) is 0. The van der Waals surface area contributed by atoms with E-state index in [2.05, 4.69) is 23.2 Å². The third-order valence-electron chi connectivity index (χ3n) is 3.89. The molecule has 1 amide bonds. The molecule has 4 nitrogen and oxygen atoms in total. The molecule has 1 saturated heterocycles. The molecule has 2 aliphatic rings. The summed E-state index contributed by atoms with van der Waals surface area (Å²) in [6.07, 6.45) is 1.16. The lowest BCUT2D eigenvalue weighted by Crippen LogP contribution is -2.46. The molecule has 2 heterocycles. The van der Waals surface area contributed by atoms with E-state index in [-0.39, 0.29) is 18.1 Å². The lowest BCUT2D eigenvalue weighted by molar-refractivity contribution is -0.118. The second-order valence-corrected chi connectivity index (χ2v) is 5.71. The summed E-state index contributed by atoms with van der Waals surface area (Å²) in [5, 5.41) is 3.03. The van der Waals surface area contributed by atoms with Crippen molar-refractivity contribution in [2.75, 3.05) is 16.8 Å². The van der Waals surface area contributed by atoms with E-state index in [1.165, 1.54) is 0 Å². The van der Waals surface area contributed by atoms with Crippen LogP contribution in [0, 0.1) is 5.92 Å². The lowest BCUT2D eigenvalue weighted by Gasteiger charge is -2.35. The van der Waals surface area contributed by atoms with Crippen LogP contribution in [0.1, 0.15) is 27.2 Å². The molecule has 2 unspecified atom stereocenters. The van der Waals surface area contributed by atoms with Crippen molar-refractivity contribution >= 4 is 17.3 Å². The smallest absolute Gasteiger partial charge is 0.247 e. The Hall–Kier alpha value is -1.71. The fourth-order valence-corrected chi connectivity index (χ4v) is 3.05. The number of para-hydroxylation sites is 1. The van der Waals surface area contributed by atoms with Gasteiger partial charge in [0.1, 0.15) is 17.5 Å². The highest BCUT2D eigenvalue weighted by Gasteiger charge is 2.41. The van der Waals surface area contributed by atoms with Gasteiger partial charge in [-0.05, 0) is 38.3 Å². The fraction of sp³-hybridized carbons (Fsp3) is 0.533. The number of ether oxygens (including phenoxy) is 1. The maximum atomic E-state index is 12.3. The van der Waals surface area contributed by atoms with Gasteiger partial charge < -0.3 is 15.0 Å². The average molecular weight is 260 g/mol. The highest BCUT2D eigenvalue weighted by molar-refractivity contribution is 6.05.